The first-order valence-corrected chi connectivity index (χ1v) is 8.47. The lowest BCUT2D eigenvalue weighted by atomic mass is 10.1. The molecule has 0 atom stereocenters. The number of ether oxygens (including phenoxy) is 1. The van der Waals surface area contributed by atoms with Crippen LogP contribution in [0.5, 0.6) is 0 Å². The summed E-state index contributed by atoms with van der Waals surface area (Å²) >= 11 is 6.94. The van der Waals surface area contributed by atoms with E-state index in [2.05, 4.69) is 5.32 Å². The molecule has 1 aromatic carbocycles. The number of nitriles is 1. The van der Waals surface area contributed by atoms with Crippen LogP contribution in [0.2, 0.25) is 5.02 Å². The third kappa shape index (κ3) is 5.71. The number of ketones is 1. The fraction of sp³-hybridized carbons (Fsp3) is 0.176. The molecule has 1 heterocycles. The van der Waals surface area contributed by atoms with Crippen molar-refractivity contribution in [3.63, 3.8) is 0 Å². The molecule has 0 aliphatic carbocycles. The summed E-state index contributed by atoms with van der Waals surface area (Å²) < 4.78 is 4.83. The van der Waals surface area contributed by atoms with Crippen LogP contribution in [-0.4, -0.2) is 24.3 Å². The molecule has 0 fully saturated rings. The predicted molar refractivity (Wildman–Crippen MR) is 93.6 cm³/mol. The van der Waals surface area contributed by atoms with Crippen molar-refractivity contribution >= 4 is 45.6 Å². The van der Waals surface area contributed by atoms with Crippen molar-refractivity contribution in [2.45, 2.75) is 12.8 Å². The van der Waals surface area contributed by atoms with Gasteiger partial charge in [0.1, 0.15) is 11.1 Å². The number of nitrogens with one attached hydrogen (secondary N) is 1. The number of hydrogen-bond acceptors (Lipinski definition) is 6. The summed E-state index contributed by atoms with van der Waals surface area (Å²) in [5, 5.41) is 13.9. The molecule has 2 aromatic rings. The maximum Gasteiger partial charge on any atom is 0.306 e. The molecule has 0 unspecified atom stereocenters. The van der Waals surface area contributed by atoms with Crippen LogP contribution in [0.25, 0.3) is 0 Å². The lowest BCUT2D eigenvalue weighted by Crippen LogP contribution is -2.21. The van der Waals surface area contributed by atoms with Gasteiger partial charge in [-0.1, -0.05) is 11.6 Å². The molecule has 0 radical (unpaired) electrons. The average Bonchev–Trinajstić information content (AvgIpc) is 3.05. The van der Waals surface area contributed by atoms with Gasteiger partial charge >= 0.3 is 5.97 Å². The smallest absolute Gasteiger partial charge is 0.306 e. The fourth-order valence-electron chi connectivity index (χ4n) is 1.87. The van der Waals surface area contributed by atoms with E-state index in [0.29, 0.717) is 21.2 Å². The second kappa shape index (κ2) is 8.97. The lowest BCUT2D eigenvalue weighted by Gasteiger charge is -2.05. The number of carbonyl (C=O) groups is 3. The van der Waals surface area contributed by atoms with Gasteiger partial charge in [-0.15, -0.1) is 11.3 Å². The minimum atomic E-state index is -0.649. The number of amides is 1. The first kappa shape index (κ1) is 18.6. The number of Topliss-reactive ketones (excluding diaryl/α,β-unsaturated/α-hetero) is 1. The molecule has 1 amide bonds. The minimum Gasteiger partial charge on any atom is -0.456 e. The number of halogens is 1. The molecule has 0 saturated heterocycles. The van der Waals surface area contributed by atoms with Gasteiger partial charge in [0.15, 0.2) is 12.4 Å². The lowest BCUT2D eigenvalue weighted by molar-refractivity contribution is -0.147. The SMILES string of the molecule is N#Cc1ccsc1NC(=O)COC(=O)CCC(=O)c1ccc(Cl)cc1. The van der Waals surface area contributed by atoms with Crippen molar-refractivity contribution in [3.8, 4) is 6.07 Å². The average molecular weight is 377 g/mol. The number of rotatable bonds is 7. The number of anilines is 1. The number of esters is 1. The van der Waals surface area contributed by atoms with E-state index < -0.39 is 18.5 Å². The van der Waals surface area contributed by atoms with Crippen LogP contribution in [0, 0.1) is 11.3 Å². The highest BCUT2D eigenvalue weighted by molar-refractivity contribution is 7.14. The van der Waals surface area contributed by atoms with Crippen molar-refractivity contribution in [1.29, 1.82) is 5.26 Å². The maximum atomic E-state index is 11.9. The minimum absolute atomic E-state index is 0.0222. The Morgan fingerprint density at radius 3 is 2.56 bits per heavy atom. The summed E-state index contributed by atoms with van der Waals surface area (Å²) in [5.41, 5.74) is 0.801. The van der Waals surface area contributed by atoms with E-state index in [1.807, 2.05) is 6.07 Å². The quantitative estimate of drug-likeness (QED) is 0.590. The van der Waals surface area contributed by atoms with Crippen molar-refractivity contribution in [3.05, 3.63) is 51.9 Å². The number of hydrogen-bond donors (Lipinski definition) is 1. The second-order valence-electron chi connectivity index (χ2n) is 4.91. The van der Waals surface area contributed by atoms with Gasteiger partial charge in [-0.25, -0.2) is 0 Å². The largest absolute Gasteiger partial charge is 0.456 e. The predicted octanol–water partition coefficient (Wildman–Crippen LogP) is 3.42. The maximum absolute atomic E-state index is 11.9. The highest BCUT2D eigenvalue weighted by Gasteiger charge is 2.13. The van der Waals surface area contributed by atoms with E-state index in [0.717, 1.165) is 0 Å². The number of thiophene rings is 1. The van der Waals surface area contributed by atoms with Crippen molar-refractivity contribution in [1.82, 2.24) is 0 Å². The van der Waals surface area contributed by atoms with Crippen LogP contribution < -0.4 is 5.32 Å². The van der Waals surface area contributed by atoms with Crippen molar-refractivity contribution in [2.24, 2.45) is 0 Å². The number of carbonyl (C=O) groups excluding carboxylic acids is 3. The zero-order valence-corrected chi connectivity index (χ0v) is 14.5. The van der Waals surface area contributed by atoms with Crippen molar-refractivity contribution < 1.29 is 19.1 Å². The molecule has 0 bridgehead atoms. The molecule has 0 spiro atoms. The third-order valence-corrected chi connectivity index (χ3v) is 4.21. The third-order valence-electron chi connectivity index (χ3n) is 3.13. The Bertz CT molecular complexity index is 824. The summed E-state index contributed by atoms with van der Waals surface area (Å²) in [6, 6.07) is 9.87. The number of benzene rings is 1. The van der Waals surface area contributed by atoms with Crippen LogP contribution in [0.15, 0.2) is 35.7 Å². The summed E-state index contributed by atoms with van der Waals surface area (Å²) in [5.74, 6) is -1.41. The summed E-state index contributed by atoms with van der Waals surface area (Å²) in [4.78, 5) is 35.3. The molecule has 0 aliphatic heterocycles. The highest BCUT2D eigenvalue weighted by Crippen LogP contribution is 2.21. The molecule has 0 aliphatic rings. The highest BCUT2D eigenvalue weighted by atomic mass is 35.5. The zero-order valence-electron chi connectivity index (χ0n) is 13.0. The Morgan fingerprint density at radius 1 is 1.16 bits per heavy atom. The zero-order chi connectivity index (χ0) is 18.2. The van der Waals surface area contributed by atoms with Gasteiger partial charge in [0.05, 0.1) is 12.0 Å². The van der Waals surface area contributed by atoms with Crippen LogP contribution in [0.3, 0.4) is 0 Å². The van der Waals surface area contributed by atoms with E-state index in [1.54, 1.807) is 35.7 Å². The van der Waals surface area contributed by atoms with Gasteiger partial charge in [0.2, 0.25) is 0 Å². The molecule has 25 heavy (non-hydrogen) atoms. The Labute approximate surface area is 153 Å². The van der Waals surface area contributed by atoms with Crippen molar-refractivity contribution in [2.75, 3.05) is 11.9 Å². The Morgan fingerprint density at radius 2 is 1.88 bits per heavy atom. The Balaban J connectivity index is 1.73. The summed E-state index contributed by atoms with van der Waals surface area (Å²) in [6.45, 7) is -0.475. The van der Waals surface area contributed by atoms with Crippen LogP contribution in [0.4, 0.5) is 5.00 Å². The molecule has 1 aromatic heterocycles. The fourth-order valence-corrected chi connectivity index (χ4v) is 2.75. The molecule has 8 heteroatoms. The normalized spacial score (nSPS) is 9.92. The van der Waals surface area contributed by atoms with E-state index in [9.17, 15) is 14.4 Å². The van der Waals surface area contributed by atoms with Crippen LogP contribution >= 0.6 is 22.9 Å². The Kier molecular flexibility index (Phi) is 6.69. The molecule has 0 saturated carbocycles. The monoisotopic (exact) mass is 376 g/mol. The van der Waals surface area contributed by atoms with E-state index in [1.165, 1.54) is 11.3 Å². The molecular weight excluding hydrogens is 364 g/mol. The topological polar surface area (TPSA) is 96.3 Å². The molecular formula is C17H13ClN2O4S. The summed E-state index contributed by atoms with van der Waals surface area (Å²) in [7, 11) is 0. The van der Waals surface area contributed by atoms with Gasteiger partial charge < -0.3 is 10.1 Å². The van der Waals surface area contributed by atoms with Gasteiger partial charge in [0.25, 0.3) is 5.91 Å². The van der Waals surface area contributed by atoms with Gasteiger partial charge in [0, 0.05) is 17.0 Å². The van der Waals surface area contributed by atoms with Gasteiger partial charge in [-0.2, -0.15) is 5.26 Å². The number of nitrogens with zero attached hydrogens (tertiary/aromatic N) is 1. The van der Waals surface area contributed by atoms with E-state index in [4.69, 9.17) is 21.6 Å². The molecule has 6 nitrogen and oxygen atoms in total. The molecule has 2 rings (SSSR count). The van der Waals surface area contributed by atoms with E-state index in [-0.39, 0.29) is 18.6 Å². The molecule has 1 N–H and O–H groups in total. The van der Waals surface area contributed by atoms with Crippen LogP contribution in [0.1, 0.15) is 28.8 Å². The Hall–Kier alpha value is -2.69. The van der Waals surface area contributed by atoms with Gasteiger partial charge in [-0.05, 0) is 35.7 Å². The first-order valence-electron chi connectivity index (χ1n) is 7.21. The first-order chi connectivity index (χ1) is 12.0. The van der Waals surface area contributed by atoms with Crippen LogP contribution in [-0.2, 0) is 14.3 Å². The standard InChI is InChI=1S/C17H13ClN2O4S/c18-13-3-1-11(2-4-13)14(21)5-6-16(23)24-10-15(22)20-17-12(9-19)7-8-25-17/h1-4,7-8H,5-6,10H2,(H,20,22). The molecule has 128 valence electrons. The van der Waals surface area contributed by atoms with E-state index >= 15 is 0 Å². The summed E-state index contributed by atoms with van der Waals surface area (Å²) in [6.07, 6.45) is -0.150. The second-order valence-corrected chi connectivity index (χ2v) is 6.27. The van der Waals surface area contributed by atoms with Gasteiger partial charge in [-0.3, -0.25) is 14.4 Å².